The molecule has 0 aliphatic carbocycles. The van der Waals surface area contributed by atoms with Gasteiger partial charge in [-0.15, -0.1) is 0 Å². The van der Waals surface area contributed by atoms with Crippen molar-refractivity contribution < 1.29 is 9.59 Å². The molecule has 0 aromatic heterocycles. The lowest BCUT2D eigenvalue weighted by Gasteiger charge is -2.24. The van der Waals surface area contributed by atoms with Crippen LogP contribution in [0.5, 0.6) is 0 Å². The van der Waals surface area contributed by atoms with Crippen molar-refractivity contribution in [2.24, 2.45) is 16.8 Å². The zero-order chi connectivity index (χ0) is 25.8. The van der Waals surface area contributed by atoms with Crippen molar-refractivity contribution in [3.63, 3.8) is 0 Å². The highest BCUT2D eigenvalue weighted by molar-refractivity contribution is 5.94. The average molecular weight is 479 g/mol. The third-order valence-electron chi connectivity index (χ3n) is 5.95. The van der Waals surface area contributed by atoms with Crippen molar-refractivity contribution in [1.29, 1.82) is 0 Å². The zero-order valence-electron chi connectivity index (χ0n) is 22.2. The predicted octanol–water partition coefficient (Wildman–Crippen LogP) is 6.56. The summed E-state index contributed by atoms with van der Waals surface area (Å²) in [6.07, 6.45) is 5.22. The monoisotopic (exact) mass is 478 g/mol. The molecule has 1 amide bonds. The zero-order valence-corrected chi connectivity index (χ0v) is 22.2. The molecule has 2 aromatic carbocycles. The van der Waals surface area contributed by atoms with E-state index < -0.39 is 0 Å². The highest BCUT2D eigenvalue weighted by atomic mass is 16.2. The molecular weight excluding hydrogens is 436 g/mol. The van der Waals surface area contributed by atoms with E-state index in [1.54, 1.807) is 25.4 Å². The van der Waals surface area contributed by atoms with Crippen LogP contribution in [0.15, 0.2) is 47.5 Å². The Morgan fingerprint density at radius 1 is 0.971 bits per heavy atom. The molecule has 0 heterocycles. The van der Waals surface area contributed by atoms with E-state index in [-0.39, 0.29) is 11.7 Å². The molecular formula is C29H42N4O2. The van der Waals surface area contributed by atoms with E-state index in [0.717, 1.165) is 55.0 Å². The van der Waals surface area contributed by atoms with Crippen LogP contribution >= 0.6 is 0 Å². The van der Waals surface area contributed by atoms with Crippen LogP contribution in [-0.2, 0) is 11.2 Å². The molecule has 0 atom stereocenters. The molecule has 0 saturated carbocycles. The number of carbonyl (C=O) groups is 2. The Labute approximate surface area is 211 Å². The van der Waals surface area contributed by atoms with Crippen molar-refractivity contribution in [2.45, 2.75) is 60.3 Å². The fourth-order valence-corrected chi connectivity index (χ4v) is 3.74. The smallest absolute Gasteiger partial charge is 0.226 e. The summed E-state index contributed by atoms with van der Waals surface area (Å²) in [5.74, 6) is 1.45. The Kier molecular flexibility index (Phi) is 11.5. The molecule has 0 fully saturated rings. The number of nitrogens with one attached hydrogen (secondary N) is 2. The first-order chi connectivity index (χ1) is 16.7. The number of anilines is 2. The standard InChI is InChI=1S/C29H42N4O2/c1-21(2)8-7-16-33(17-15-22(3)4)29(35)19-24-9-14-27(28(18-24)30-6)32-20-31-26-12-10-25(11-13-26)23(5)34/h9-14,18,20-22,30H,7-8,15-17,19H2,1-6H3,(H,31,32). The number of benzene rings is 2. The number of amides is 1. The summed E-state index contributed by atoms with van der Waals surface area (Å²) in [5, 5.41) is 6.32. The summed E-state index contributed by atoms with van der Waals surface area (Å²) in [5.41, 5.74) is 4.16. The minimum Gasteiger partial charge on any atom is -0.386 e. The number of rotatable bonds is 14. The van der Waals surface area contributed by atoms with Gasteiger partial charge in [0.2, 0.25) is 5.91 Å². The number of Topliss-reactive ketones (excluding diaryl/α,β-unsaturated/α-hetero) is 1. The SMILES string of the molecule is CNc1cc(CC(=O)N(CCCC(C)C)CCC(C)C)ccc1N=CNc1ccc(C(C)=O)cc1. The maximum Gasteiger partial charge on any atom is 0.226 e. The van der Waals surface area contributed by atoms with Crippen LogP contribution in [0.4, 0.5) is 17.1 Å². The van der Waals surface area contributed by atoms with Gasteiger partial charge < -0.3 is 15.5 Å². The molecule has 2 aromatic rings. The fraction of sp³-hybridized carbons (Fsp3) is 0.483. The van der Waals surface area contributed by atoms with Crippen molar-refractivity contribution in [3.8, 4) is 0 Å². The van der Waals surface area contributed by atoms with Crippen molar-refractivity contribution in [3.05, 3.63) is 53.6 Å². The van der Waals surface area contributed by atoms with Gasteiger partial charge in [0.25, 0.3) is 0 Å². The maximum absolute atomic E-state index is 13.1. The first-order valence-corrected chi connectivity index (χ1v) is 12.7. The van der Waals surface area contributed by atoms with Gasteiger partial charge >= 0.3 is 0 Å². The second kappa shape index (κ2) is 14.3. The first kappa shape index (κ1) is 28.1. The molecule has 6 heteroatoms. The van der Waals surface area contributed by atoms with Gasteiger partial charge in [-0.25, -0.2) is 4.99 Å². The van der Waals surface area contributed by atoms with Crippen molar-refractivity contribution in [2.75, 3.05) is 30.8 Å². The van der Waals surface area contributed by atoms with Gasteiger partial charge in [-0.3, -0.25) is 9.59 Å². The first-order valence-electron chi connectivity index (χ1n) is 12.7. The maximum atomic E-state index is 13.1. The summed E-state index contributed by atoms with van der Waals surface area (Å²) in [6, 6.07) is 13.2. The van der Waals surface area contributed by atoms with E-state index in [1.807, 2.05) is 42.3 Å². The summed E-state index contributed by atoms with van der Waals surface area (Å²) in [4.78, 5) is 31.1. The molecule has 0 aliphatic rings. The van der Waals surface area contributed by atoms with Crippen LogP contribution in [-0.4, -0.2) is 43.1 Å². The number of hydrogen-bond acceptors (Lipinski definition) is 4. The number of hydrogen-bond donors (Lipinski definition) is 2. The minimum atomic E-state index is 0.0426. The third-order valence-corrected chi connectivity index (χ3v) is 5.95. The minimum absolute atomic E-state index is 0.0426. The lowest BCUT2D eigenvalue weighted by atomic mass is 10.1. The lowest BCUT2D eigenvalue weighted by Crippen LogP contribution is -2.34. The van der Waals surface area contributed by atoms with Crippen molar-refractivity contribution >= 4 is 35.1 Å². The molecule has 190 valence electrons. The molecule has 0 aliphatic heterocycles. The predicted molar refractivity (Wildman–Crippen MR) is 148 cm³/mol. The van der Waals surface area contributed by atoms with E-state index in [0.29, 0.717) is 23.8 Å². The molecule has 0 spiro atoms. The number of carbonyl (C=O) groups excluding carboxylic acids is 2. The highest BCUT2D eigenvalue weighted by Gasteiger charge is 2.15. The van der Waals surface area contributed by atoms with Gasteiger partial charge in [-0.1, -0.05) is 33.8 Å². The van der Waals surface area contributed by atoms with E-state index in [9.17, 15) is 9.59 Å². The van der Waals surface area contributed by atoms with Crippen LogP contribution in [0.2, 0.25) is 0 Å². The largest absolute Gasteiger partial charge is 0.386 e. The van der Waals surface area contributed by atoms with Crippen LogP contribution < -0.4 is 10.6 Å². The molecule has 0 unspecified atom stereocenters. The normalized spacial score (nSPS) is 11.3. The molecule has 0 bridgehead atoms. The van der Waals surface area contributed by atoms with Gasteiger partial charge in [-0.2, -0.15) is 0 Å². The number of nitrogens with zero attached hydrogens (tertiary/aromatic N) is 2. The Bertz CT molecular complexity index is 981. The van der Waals surface area contributed by atoms with Gasteiger partial charge in [0.1, 0.15) is 0 Å². The molecule has 0 radical (unpaired) electrons. The molecule has 35 heavy (non-hydrogen) atoms. The third kappa shape index (κ3) is 9.93. The van der Waals surface area contributed by atoms with Crippen LogP contribution in [0.3, 0.4) is 0 Å². The van der Waals surface area contributed by atoms with E-state index >= 15 is 0 Å². The van der Waals surface area contributed by atoms with E-state index in [4.69, 9.17) is 0 Å². The molecule has 6 nitrogen and oxygen atoms in total. The second-order valence-corrected chi connectivity index (χ2v) is 9.91. The number of aliphatic imine (C=N–C) groups is 1. The highest BCUT2D eigenvalue weighted by Crippen LogP contribution is 2.26. The van der Waals surface area contributed by atoms with Crippen LogP contribution in [0.1, 0.15) is 69.8 Å². The van der Waals surface area contributed by atoms with Crippen LogP contribution in [0.25, 0.3) is 0 Å². The summed E-state index contributed by atoms with van der Waals surface area (Å²) >= 11 is 0. The van der Waals surface area contributed by atoms with Crippen molar-refractivity contribution in [1.82, 2.24) is 4.90 Å². The molecule has 0 saturated heterocycles. The number of ketones is 1. The molecule has 2 rings (SSSR count). The Morgan fingerprint density at radius 2 is 1.66 bits per heavy atom. The quantitative estimate of drug-likeness (QED) is 0.183. The fourth-order valence-electron chi connectivity index (χ4n) is 3.74. The van der Waals surface area contributed by atoms with Gasteiger partial charge in [-0.05, 0) is 80.0 Å². The summed E-state index contributed by atoms with van der Waals surface area (Å²) < 4.78 is 0. The topological polar surface area (TPSA) is 73.8 Å². The van der Waals surface area contributed by atoms with E-state index in [1.165, 1.54) is 0 Å². The summed E-state index contributed by atoms with van der Waals surface area (Å²) in [6.45, 7) is 12.0. The van der Waals surface area contributed by atoms with E-state index in [2.05, 4.69) is 43.3 Å². The van der Waals surface area contributed by atoms with Gasteiger partial charge in [0.15, 0.2) is 5.78 Å². The molecule has 2 N–H and O–H groups in total. The lowest BCUT2D eigenvalue weighted by molar-refractivity contribution is -0.130. The Hall–Kier alpha value is -3.15. The van der Waals surface area contributed by atoms with Gasteiger partial charge in [0, 0.05) is 31.4 Å². The average Bonchev–Trinajstić information content (AvgIpc) is 2.81. The Balaban J connectivity index is 2.03. The van der Waals surface area contributed by atoms with Gasteiger partial charge in [0.05, 0.1) is 24.1 Å². The second-order valence-electron chi connectivity index (χ2n) is 9.91. The van der Waals surface area contributed by atoms with Crippen LogP contribution in [0, 0.1) is 11.8 Å². The Morgan fingerprint density at radius 3 is 2.26 bits per heavy atom. The summed E-state index contributed by atoms with van der Waals surface area (Å²) in [7, 11) is 1.86.